The number of H-pyrrole nitrogens is 1. The number of carbonyl (C=O) groups excluding carboxylic acids is 3. The van der Waals surface area contributed by atoms with Crippen molar-refractivity contribution in [2.45, 2.75) is 39.0 Å². The third-order valence-electron chi connectivity index (χ3n) is 6.74. The number of carbonyl (C=O) groups is 3. The second-order valence-corrected chi connectivity index (χ2v) is 10.1. The molecule has 0 spiro atoms. The van der Waals surface area contributed by atoms with Gasteiger partial charge in [-0.2, -0.15) is 0 Å². The fourth-order valence-electron chi connectivity index (χ4n) is 4.46. The zero-order valence-electron chi connectivity index (χ0n) is 24.9. The topological polar surface area (TPSA) is 129 Å². The highest BCUT2D eigenvalue weighted by molar-refractivity contribution is 5.97. The fraction of sp³-hybridized carbons (Fsp3) is 0.273. The SMILES string of the molecule is CCCNN(C(=O)CN(Cc1ccc(OC)cc1)C(=O)C(Cc1cnc[nH]1)NC(=O)OCc1ccccc1)c1ccccc1. The zero-order valence-corrected chi connectivity index (χ0v) is 24.9. The van der Waals surface area contributed by atoms with Gasteiger partial charge in [0.1, 0.15) is 24.9 Å². The monoisotopic (exact) mass is 598 g/mol. The maximum absolute atomic E-state index is 14.2. The molecular weight excluding hydrogens is 560 g/mol. The number of para-hydroxylation sites is 1. The van der Waals surface area contributed by atoms with Gasteiger partial charge in [-0.3, -0.25) is 9.59 Å². The van der Waals surface area contributed by atoms with Gasteiger partial charge in [0.25, 0.3) is 5.91 Å². The summed E-state index contributed by atoms with van der Waals surface area (Å²) in [6.07, 6.45) is 3.25. The van der Waals surface area contributed by atoms with Gasteiger partial charge in [0.05, 0.1) is 19.1 Å². The second-order valence-electron chi connectivity index (χ2n) is 10.1. The minimum Gasteiger partial charge on any atom is -0.497 e. The van der Waals surface area contributed by atoms with Crippen molar-refractivity contribution in [3.05, 3.63) is 114 Å². The van der Waals surface area contributed by atoms with Crippen LogP contribution in [0.3, 0.4) is 0 Å². The highest BCUT2D eigenvalue weighted by Crippen LogP contribution is 2.17. The number of aromatic nitrogens is 2. The van der Waals surface area contributed by atoms with Crippen LogP contribution in [0.5, 0.6) is 5.75 Å². The van der Waals surface area contributed by atoms with E-state index in [4.69, 9.17) is 9.47 Å². The minimum absolute atomic E-state index is 0.0425. The summed E-state index contributed by atoms with van der Waals surface area (Å²) >= 11 is 0. The molecule has 1 heterocycles. The molecule has 11 nitrogen and oxygen atoms in total. The van der Waals surface area contributed by atoms with Gasteiger partial charge in [0, 0.05) is 31.4 Å². The van der Waals surface area contributed by atoms with E-state index >= 15 is 0 Å². The summed E-state index contributed by atoms with van der Waals surface area (Å²) in [6.45, 7) is 2.47. The van der Waals surface area contributed by atoms with E-state index in [2.05, 4.69) is 20.7 Å². The predicted molar refractivity (Wildman–Crippen MR) is 166 cm³/mol. The van der Waals surface area contributed by atoms with Crippen LogP contribution in [0.4, 0.5) is 10.5 Å². The van der Waals surface area contributed by atoms with Crippen LogP contribution in [0.25, 0.3) is 0 Å². The Labute approximate surface area is 257 Å². The first-order chi connectivity index (χ1) is 21.5. The normalized spacial score (nSPS) is 11.3. The number of imidazole rings is 1. The number of hydrazine groups is 1. The fourth-order valence-corrected chi connectivity index (χ4v) is 4.46. The highest BCUT2D eigenvalue weighted by atomic mass is 16.5. The van der Waals surface area contributed by atoms with Gasteiger partial charge in [-0.05, 0) is 41.8 Å². The molecule has 4 rings (SSSR count). The summed E-state index contributed by atoms with van der Waals surface area (Å²) in [7, 11) is 1.58. The Hall–Kier alpha value is -5.16. The summed E-state index contributed by atoms with van der Waals surface area (Å²) in [4.78, 5) is 49.4. The summed E-state index contributed by atoms with van der Waals surface area (Å²) in [5.74, 6) is -0.121. The third-order valence-corrected chi connectivity index (χ3v) is 6.74. The van der Waals surface area contributed by atoms with Crippen molar-refractivity contribution in [3.8, 4) is 5.75 Å². The number of benzene rings is 3. The van der Waals surface area contributed by atoms with Gasteiger partial charge in [0.2, 0.25) is 5.91 Å². The van der Waals surface area contributed by atoms with E-state index in [1.165, 1.54) is 16.2 Å². The lowest BCUT2D eigenvalue weighted by molar-refractivity contribution is -0.137. The van der Waals surface area contributed by atoms with Crippen molar-refractivity contribution in [1.82, 2.24) is 25.6 Å². The van der Waals surface area contributed by atoms with E-state index in [0.29, 0.717) is 23.7 Å². The van der Waals surface area contributed by atoms with Gasteiger partial charge >= 0.3 is 6.09 Å². The maximum atomic E-state index is 14.2. The Morgan fingerprint density at radius 1 is 0.932 bits per heavy atom. The number of nitrogens with zero attached hydrogens (tertiary/aromatic N) is 3. The van der Waals surface area contributed by atoms with E-state index < -0.39 is 18.0 Å². The molecule has 44 heavy (non-hydrogen) atoms. The lowest BCUT2D eigenvalue weighted by atomic mass is 10.1. The molecule has 0 aliphatic heterocycles. The number of alkyl carbamates (subject to hydrolysis) is 1. The largest absolute Gasteiger partial charge is 0.497 e. The molecule has 0 saturated heterocycles. The molecule has 0 saturated carbocycles. The molecule has 1 unspecified atom stereocenters. The standard InChI is InChI=1S/C33H38N6O5/c1-3-18-36-39(28-12-8-5-9-13-28)31(40)22-38(21-25-14-16-29(43-2)17-15-25)32(41)30(19-27-20-34-24-35-27)37-33(42)44-23-26-10-6-4-7-11-26/h4-17,20,24,30,36H,3,18-19,21-23H2,1-2H3,(H,34,35)(H,37,42). The Morgan fingerprint density at radius 2 is 1.64 bits per heavy atom. The van der Waals surface area contributed by atoms with Crippen molar-refractivity contribution < 1.29 is 23.9 Å². The van der Waals surface area contributed by atoms with E-state index in [0.717, 1.165) is 17.5 Å². The number of aromatic amines is 1. The van der Waals surface area contributed by atoms with Crippen molar-refractivity contribution in [2.75, 3.05) is 25.2 Å². The quantitative estimate of drug-likeness (QED) is 0.175. The third kappa shape index (κ3) is 9.43. The molecule has 11 heteroatoms. The average Bonchev–Trinajstić information content (AvgIpc) is 3.57. The van der Waals surface area contributed by atoms with Crippen LogP contribution in [-0.4, -0.2) is 59.0 Å². The number of methoxy groups -OCH3 is 1. The second kappa shape index (κ2) is 16.5. The molecule has 0 aliphatic rings. The van der Waals surface area contributed by atoms with Gasteiger partial charge in [-0.15, -0.1) is 0 Å². The van der Waals surface area contributed by atoms with Crippen LogP contribution in [-0.2, 0) is 33.9 Å². The Kier molecular flexibility index (Phi) is 11.9. The number of rotatable bonds is 15. The van der Waals surface area contributed by atoms with Crippen LogP contribution in [0.1, 0.15) is 30.2 Å². The molecule has 1 aromatic heterocycles. The summed E-state index contributed by atoms with van der Waals surface area (Å²) in [5.41, 5.74) is 6.05. The van der Waals surface area contributed by atoms with Crippen LogP contribution in [0.2, 0.25) is 0 Å². The van der Waals surface area contributed by atoms with Gasteiger partial charge in [-0.25, -0.2) is 20.2 Å². The first-order valence-corrected chi connectivity index (χ1v) is 14.4. The van der Waals surface area contributed by atoms with E-state index in [-0.39, 0.29) is 32.0 Å². The van der Waals surface area contributed by atoms with E-state index in [1.807, 2.05) is 79.7 Å². The van der Waals surface area contributed by atoms with Crippen LogP contribution in [0.15, 0.2) is 97.5 Å². The number of ether oxygens (including phenoxy) is 2. The van der Waals surface area contributed by atoms with Gasteiger partial charge < -0.3 is 24.7 Å². The summed E-state index contributed by atoms with van der Waals surface area (Å²) in [5, 5.41) is 4.18. The first kappa shape index (κ1) is 31.8. The van der Waals surface area contributed by atoms with Crippen molar-refractivity contribution in [2.24, 2.45) is 0 Å². The number of anilines is 1. The minimum atomic E-state index is -1.04. The molecular formula is C33H38N6O5. The molecule has 230 valence electrons. The highest BCUT2D eigenvalue weighted by Gasteiger charge is 2.30. The molecule has 3 amide bonds. The zero-order chi connectivity index (χ0) is 31.1. The molecule has 0 aliphatic carbocycles. The maximum Gasteiger partial charge on any atom is 0.408 e. The Morgan fingerprint density at radius 3 is 2.27 bits per heavy atom. The smallest absolute Gasteiger partial charge is 0.408 e. The van der Waals surface area contributed by atoms with E-state index in [1.54, 1.807) is 25.4 Å². The number of hydrogen-bond acceptors (Lipinski definition) is 7. The van der Waals surface area contributed by atoms with Crippen molar-refractivity contribution in [3.63, 3.8) is 0 Å². The number of hydrogen-bond donors (Lipinski definition) is 3. The molecule has 3 aromatic carbocycles. The lowest BCUT2D eigenvalue weighted by Crippen LogP contribution is -2.54. The summed E-state index contributed by atoms with van der Waals surface area (Å²) < 4.78 is 10.7. The molecule has 4 aromatic rings. The summed E-state index contributed by atoms with van der Waals surface area (Å²) in [6, 6.07) is 24.7. The average molecular weight is 599 g/mol. The van der Waals surface area contributed by atoms with Crippen molar-refractivity contribution in [1.29, 1.82) is 0 Å². The first-order valence-electron chi connectivity index (χ1n) is 14.4. The van der Waals surface area contributed by atoms with Gasteiger partial charge in [-0.1, -0.05) is 67.6 Å². The van der Waals surface area contributed by atoms with Gasteiger partial charge in [0.15, 0.2) is 0 Å². The molecule has 0 radical (unpaired) electrons. The van der Waals surface area contributed by atoms with Crippen LogP contribution >= 0.6 is 0 Å². The Balaban J connectivity index is 1.59. The van der Waals surface area contributed by atoms with E-state index in [9.17, 15) is 14.4 Å². The number of nitrogens with one attached hydrogen (secondary N) is 3. The molecule has 0 bridgehead atoms. The molecule has 3 N–H and O–H groups in total. The van der Waals surface area contributed by atoms with Crippen LogP contribution < -0.4 is 20.5 Å². The lowest BCUT2D eigenvalue weighted by Gasteiger charge is -2.30. The number of amides is 3. The molecule has 0 fully saturated rings. The Bertz CT molecular complexity index is 1450. The predicted octanol–water partition coefficient (Wildman–Crippen LogP) is 4.23. The van der Waals surface area contributed by atoms with Crippen LogP contribution in [0, 0.1) is 0 Å². The van der Waals surface area contributed by atoms with Crippen molar-refractivity contribution >= 4 is 23.6 Å². The molecule has 1 atom stereocenters.